The van der Waals surface area contributed by atoms with Gasteiger partial charge in [-0.25, -0.2) is 0 Å². The first kappa shape index (κ1) is 16.5. The summed E-state index contributed by atoms with van der Waals surface area (Å²) in [4.78, 5) is 22.9. The Hall–Kier alpha value is -3.39. The molecule has 0 aliphatic carbocycles. The monoisotopic (exact) mass is 341 g/mol. The molecule has 0 bridgehead atoms. The average Bonchev–Trinajstić information content (AvgIpc) is 2.99. The van der Waals surface area contributed by atoms with Gasteiger partial charge in [-0.1, -0.05) is 30.3 Å². The van der Waals surface area contributed by atoms with Crippen molar-refractivity contribution >= 4 is 28.3 Å². The van der Waals surface area contributed by atoms with Crippen molar-refractivity contribution in [2.75, 3.05) is 12.5 Å². The van der Waals surface area contributed by atoms with Crippen molar-refractivity contribution in [3.63, 3.8) is 0 Å². The van der Waals surface area contributed by atoms with Crippen LogP contribution in [0, 0.1) is 10.1 Å². The largest absolute Gasteiger partial charge is 0.450 e. The molecule has 0 unspecified atom stereocenters. The number of ether oxygens (including phenoxy) is 1. The van der Waals surface area contributed by atoms with Crippen LogP contribution in [0.4, 0.5) is 11.4 Å². The second-order valence-electron chi connectivity index (χ2n) is 5.19. The Kier molecular flexibility index (Phi) is 4.62. The number of nitrogens with zero attached hydrogens (tertiary/aromatic N) is 1. The lowest BCUT2D eigenvalue weighted by atomic mass is 10.1. The van der Waals surface area contributed by atoms with E-state index in [-0.39, 0.29) is 23.7 Å². The molecule has 25 heavy (non-hydrogen) atoms. The van der Waals surface area contributed by atoms with Gasteiger partial charge in [0, 0.05) is 24.1 Å². The van der Waals surface area contributed by atoms with E-state index in [1.165, 1.54) is 19.2 Å². The highest BCUT2D eigenvalue weighted by atomic mass is 16.6. The van der Waals surface area contributed by atoms with Gasteiger partial charge in [0.25, 0.3) is 5.69 Å². The average molecular weight is 341 g/mol. The summed E-state index contributed by atoms with van der Waals surface area (Å²) in [7, 11) is 1.52. The van der Waals surface area contributed by atoms with E-state index in [0.29, 0.717) is 11.1 Å². The van der Waals surface area contributed by atoms with E-state index in [4.69, 9.17) is 9.15 Å². The van der Waals surface area contributed by atoms with Gasteiger partial charge < -0.3 is 9.15 Å². The highest BCUT2D eigenvalue weighted by Crippen LogP contribution is 2.27. The van der Waals surface area contributed by atoms with Crippen LogP contribution < -0.4 is 10.9 Å². The number of nitro groups is 1. The molecule has 0 saturated carbocycles. The lowest BCUT2D eigenvalue weighted by Gasteiger charge is -2.08. The van der Waals surface area contributed by atoms with Crippen LogP contribution in [0.25, 0.3) is 11.0 Å². The molecule has 0 aliphatic rings. The summed E-state index contributed by atoms with van der Waals surface area (Å²) in [6, 6.07) is 13.2. The number of furan rings is 1. The maximum absolute atomic E-state index is 12.5. The molecule has 2 N–H and O–H groups in total. The number of hydrogen-bond acceptors (Lipinski definition) is 6. The molecule has 128 valence electrons. The van der Waals surface area contributed by atoms with Crippen molar-refractivity contribution in [3.8, 4) is 0 Å². The fourth-order valence-electron chi connectivity index (χ4n) is 2.49. The van der Waals surface area contributed by atoms with E-state index >= 15 is 0 Å². The summed E-state index contributed by atoms with van der Waals surface area (Å²) < 4.78 is 10.8. The lowest BCUT2D eigenvalue weighted by Crippen LogP contribution is -2.30. The Morgan fingerprint density at radius 3 is 2.68 bits per heavy atom. The summed E-state index contributed by atoms with van der Waals surface area (Å²) in [5.74, 6) is -0.462. The normalized spacial score (nSPS) is 10.6. The smallest absolute Gasteiger partial charge is 0.305 e. The van der Waals surface area contributed by atoms with E-state index < -0.39 is 10.8 Å². The van der Waals surface area contributed by atoms with Gasteiger partial charge in [-0.3, -0.25) is 25.8 Å². The molecule has 1 heterocycles. The van der Waals surface area contributed by atoms with Crippen LogP contribution in [0.5, 0.6) is 0 Å². The van der Waals surface area contributed by atoms with Gasteiger partial charge >= 0.3 is 5.91 Å². The summed E-state index contributed by atoms with van der Waals surface area (Å²) in [6.07, 6.45) is 0. The van der Waals surface area contributed by atoms with Gasteiger partial charge in [0.2, 0.25) is 0 Å². The number of carbonyl (C=O) groups excluding carboxylic acids is 1. The first-order valence-corrected chi connectivity index (χ1v) is 7.41. The third kappa shape index (κ3) is 3.29. The quantitative estimate of drug-likeness (QED) is 0.526. The van der Waals surface area contributed by atoms with Gasteiger partial charge in [-0.05, 0) is 12.1 Å². The molecule has 0 radical (unpaired) electrons. The fraction of sp³-hybridized carbons (Fsp3) is 0.118. The molecule has 8 heteroatoms. The van der Waals surface area contributed by atoms with Crippen molar-refractivity contribution in [2.24, 2.45) is 0 Å². The van der Waals surface area contributed by atoms with Crippen molar-refractivity contribution in [1.82, 2.24) is 5.43 Å². The SMILES string of the molecule is COCc1c(C(=O)NNc2ccccc2[N+](=O)[O-])oc2ccccc12. The van der Waals surface area contributed by atoms with Crippen LogP contribution in [0.3, 0.4) is 0 Å². The van der Waals surface area contributed by atoms with E-state index in [2.05, 4.69) is 10.9 Å². The van der Waals surface area contributed by atoms with Crippen LogP contribution in [0.1, 0.15) is 16.1 Å². The van der Waals surface area contributed by atoms with E-state index in [1.54, 1.807) is 24.3 Å². The Bertz CT molecular complexity index is 935. The summed E-state index contributed by atoms with van der Waals surface area (Å²) >= 11 is 0. The van der Waals surface area contributed by atoms with Crippen molar-refractivity contribution in [2.45, 2.75) is 6.61 Å². The van der Waals surface area contributed by atoms with Gasteiger partial charge in [0.15, 0.2) is 5.76 Å². The second-order valence-corrected chi connectivity index (χ2v) is 5.19. The van der Waals surface area contributed by atoms with E-state index in [9.17, 15) is 14.9 Å². The van der Waals surface area contributed by atoms with E-state index in [1.807, 2.05) is 12.1 Å². The standard InChI is InChI=1S/C17H15N3O5/c1-24-10-12-11-6-2-5-9-15(11)25-16(12)17(21)19-18-13-7-3-4-8-14(13)20(22)23/h2-9,18H,10H2,1H3,(H,19,21). The van der Waals surface area contributed by atoms with Crippen molar-refractivity contribution in [1.29, 1.82) is 0 Å². The van der Waals surface area contributed by atoms with Crippen LogP contribution in [-0.4, -0.2) is 17.9 Å². The Balaban J connectivity index is 1.86. The fourth-order valence-corrected chi connectivity index (χ4v) is 2.49. The van der Waals surface area contributed by atoms with Crippen LogP contribution in [0.15, 0.2) is 52.9 Å². The molecule has 1 amide bonds. The van der Waals surface area contributed by atoms with Gasteiger partial charge in [0.1, 0.15) is 11.3 Å². The summed E-state index contributed by atoms with van der Waals surface area (Å²) in [5.41, 5.74) is 6.19. The van der Waals surface area contributed by atoms with Gasteiger partial charge in [0.05, 0.1) is 11.5 Å². The number of methoxy groups -OCH3 is 1. The number of rotatable bonds is 6. The topological polar surface area (TPSA) is 107 Å². The Morgan fingerprint density at radius 1 is 1.20 bits per heavy atom. The number of amides is 1. The van der Waals surface area contributed by atoms with Gasteiger partial charge in [-0.2, -0.15) is 0 Å². The summed E-state index contributed by atoms with van der Waals surface area (Å²) in [6.45, 7) is 0.200. The Morgan fingerprint density at radius 2 is 1.92 bits per heavy atom. The zero-order valence-electron chi connectivity index (χ0n) is 13.3. The summed E-state index contributed by atoms with van der Waals surface area (Å²) in [5, 5.41) is 11.8. The first-order valence-electron chi connectivity index (χ1n) is 7.41. The Labute approximate surface area is 142 Å². The molecular weight excluding hydrogens is 326 g/mol. The predicted molar refractivity (Wildman–Crippen MR) is 91.1 cm³/mol. The van der Waals surface area contributed by atoms with Crippen LogP contribution in [0.2, 0.25) is 0 Å². The highest BCUT2D eigenvalue weighted by molar-refractivity contribution is 5.99. The third-order valence-electron chi connectivity index (χ3n) is 3.60. The van der Waals surface area contributed by atoms with Crippen molar-refractivity contribution < 1.29 is 18.9 Å². The number of anilines is 1. The molecule has 0 spiro atoms. The minimum absolute atomic E-state index is 0.0918. The number of fused-ring (bicyclic) bond motifs is 1. The van der Waals surface area contributed by atoms with E-state index in [0.717, 1.165) is 5.39 Å². The maximum atomic E-state index is 12.5. The number of nitro benzene ring substituents is 1. The molecule has 2 aromatic carbocycles. The molecule has 3 aromatic rings. The minimum Gasteiger partial charge on any atom is -0.450 e. The number of benzene rings is 2. The number of nitrogens with one attached hydrogen (secondary N) is 2. The van der Waals surface area contributed by atoms with Crippen molar-refractivity contribution in [3.05, 3.63) is 70.0 Å². The number of hydrogen-bond donors (Lipinski definition) is 2. The molecular formula is C17H15N3O5. The van der Waals surface area contributed by atoms with Gasteiger partial charge in [-0.15, -0.1) is 0 Å². The van der Waals surface area contributed by atoms with Crippen LogP contribution in [-0.2, 0) is 11.3 Å². The highest BCUT2D eigenvalue weighted by Gasteiger charge is 2.21. The molecule has 0 aliphatic heterocycles. The lowest BCUT2D eigenvalue weighted by molar-refractivity contribution is -0.384. The van der Waals surface area contributed by atoms with Crippen LogP contribution >= 0.6 is 0 Å². The number of carbonyl (C=O) groups is 1. The predicted octanol–water partition coefficient (Wildman–Crippen LogP) is 3.24. The molecule has 0 fully saturated rings. The molecule has 3 rings (SSSR count). The molecule has 8 nitrogen and oxygen atoms in total. The maximum Gasteiger partial charge on any atom is 0.305 e. The first-order chi connectivity index (χ1) is 12.1. The number of hydrazine groups is 1. The molecule has 0 atom stereocenters. The number of para-hydroxylation sites is 3. The molecule has 0 saturated heterocycles. The zero-order chi connectivity index (χ0) is 17.8. The molecule has 1 aromatic heterocycles. The third-order valence-corrected chi connectivity index (χ3v) is 3.60. The zero-order valence-corrected chi connectivity index (χ0v) is 13.3. The minimum atomic E-state index is -0.554. The second kappa shape index (κ2) is 7.02.